The van der Waals surface area contributed by atoms with Crippen molar-refractivity contribution in [3.8, 4) is 28.0 Å². The Hall–Kier alpha value is -2.54. The van der Waals surface area contributed by atoms with E-state index in [1.807, 2.05) is 0 Å². The molecule has 1 aliphatic carbocycles. The van der Waals surface area contributed by atoms with E-state index in [1.54, 1.807) is 7.11 Å². The van der Waals surface area contributed by atoms with E-state index in [2.05, 4.69) is 88.4 Å². The van der Waals surface area contributed by atoms with Crippen molar-refractivity contribution in [2.24, 2.45) is 0 Å². The highest BCUT2D eigenvalue weighted by Crippen LogP contribution is 2.50. The molecule has 0 unspecified atom stereocenters. The molecular formula is C25H26O. The zero-order valence-electron chi connectivity index (χ0n) is 16.3. The Kier molecular flexibility index (Phi) is 3.91. The average molecular weight is 342 g/mol. The maximum Gasteiger partial charge on any atom is 0.130 e. The Labute approximate surface area is 156 Å². The highest BCUT2D eigenvalue weighted by atomic mass is 16.5. The summed E-state index contributed by atoms with van der Waals surface area (Å²) < 4.78 is 5.83. The van der Waals surface area contributed by atoms with Gasteiger partial charge in [0.25, 0.3) is 0 Å². The molecule has 132 valence electrons. The Morgan fingerprint density at radius 2 is 1.46 bits per heavy atom. The maximum absolute atomic E-state index is 5.83. The van der Waals surface area contributed by atoms with Crippen molar-refractivity contribution < 1.29 is 4.74 Å². The highest BCUT2D eigenvalue weighted by Gasteiger charge is 2.35. The third-order valence-corrected chi connectivity index (χ3v) is 5.77. The number of benzene rings is 3. The zero-order valence-corrected chi connectivity index (χ0v) is 16.3. The summed E-state index contributed by atoms with van der Waals surface area (Å²) in [4.78, 5) is 0. The fraction of sp³-hybridized carbons (Fsp3) is 0.280. The van der Waals surface area contributed by atoms with Crippen LogP contribution in [0, 0.1) is 0 Å². The summed E-state index contributed by atoms with van der Waals surface area (Å²) in [7, 11) is 1.78. The van der Waals surface area contributed by atoms with Gasteiger partial charge < -0.3 is 4.74 Å². The lowest BCUT2D eigenvalue weighted by atomic mass is 9.81. The van der Waals surface area contributed by atoms with Gasteiger partial charge >= 0.3 is 0 Å². The second-order valence-electron chi connectivity index (χ2n) is 8.01. The first-order valence-corrected chi connectivity index (χ1v) is 9.37. The number of fused-ring (bicyclic) bond motifs is 3. The second-order valence-corrected chi connectivity index (χ2v) is 8.01. The van der Waals surface area contributed by atoms with Crippen molar-refractivity contribution >= 4 is 0 Å². The van der Waals surface area contributed by atoms with E-state index in [9.17, 15) is 0 Å². The molecule has 1 nitrogen and oxygen atoms in total. The second kappa shape index (κ2) is 6.02. The van der Waals surface area contributed by atoms with Crippen molar-refractivity contribution in [1.82, 2.24) is 0 Å². The number of rotatable bonds is 3. The molecule has 0 saturated carbocycles. The van der Waals surface area contributed by atoms with Gasteiger partial charge in [0.15, 0.2) is 0 Å². The van der Waals surface area contributed by atoms with Gasteiger partial charge in [0.05, 0.1) is 7.11 Å². The molecule has 26 heavy (non-hydrogen) atoms. The van der Waals surface area contributed by atoms with Gasteiger partial charge in [-0.3, -0.25) is 0 Å². The molecule has 0 heterocycles. The lowest BCUT2D eigenvalue weighted by molar-refractivity contribution is 0.409. The molecule has 3 aromatic rings. The largest absolute Gasteiger partial charge is 0.496 e. The van der Waals surface area contributed by atoms with Crippen LogP contribution in [0.3, 0.4) is 0 Å². The van der Waals surface area contributed by atoms with Crippen LogP contribution in [0.2, 0.25) is 0 Å². The molecule has 0 N–H and O–H groups in total. The van der Waals surface area contributed by atoms with Crippen LogP contribution in [0.5, 0.6) is 5.75 Å². The van der Waals surface area contributed by atoms with Crippen LogP contribution in [0.25, 0.3) is 22.3 Å². The number of ether oxygens (including phenoxy) is 1. The van der Waals surface area contributed by atoms with E-state index in [0.29, 0.717) is 5.92 Å². The van der Waals surface area contributed by atoms with Crippen molar-refractivity contribution in [2.75, 3.05) is 7.11 Å². The van der Waals surface area contributed by atoms with Gasteiger partial charge in [-0.05, 0) is 45.4 Å². The molecule has 0 bridgehead atoms. The molecule has 0 fully saturated rings. The van der Waals surface area contributed by atoms with Crippen molar-refractivity contribution in [1.29, 1.82) is 0 Å². The van der Waals surface area contributed by atoms with Gasteiger partial charge in [-0.1, -0.05) is 82.3 Å². The third kappa shape index (κ3) is 2.38. The monoisotopic (exact) mass is 342 g/mol. The molecule has 0 saturated heterocycles. The molecule has 0 aromatic heterocycles. The Morgan fingerprint density at radius 1 is 0.769 bits per heavy atom. The lowest BCUT2D eigenvalue weighted by Crippen LogP contribution is -2.14. The fourth-order valence-electron chi connectivity index (χ4n) is 4.34. The van der Waals surface area contributed by atoms with Crippen LogP contribution >= 0.6 is 0 Å². The molecule has 1 heteroatoms. The first-order chi connectivity index (χ1) is 12.4. The molecule has 4 rings (SSSR count). The summed E-state index contributed by atoms with van der Waals surface area (Å²) in [6.07, 6.45) is 0. The van der Waals surface area contributed by atoms with Crippen LogP contribution in [0.1, 0.15) is 50.3 Å². The molecule has 0 radical (unpaired) electrons. The minimum absolute atomic E-state index is 0.0187. The number of methoxy groups -OCH3 is 1. The zero-order chi connectivity index (χ0) is 18.5. The normalized spacial score (nSPS) is 14.2. The van der Waals surface area contributed by atoms with Crippen LogP contribution < -0.4 is 4.74 Å². The van der Waals surface area contributed by atoms with Gasteiger partial charge in [0.2, 0.25) is 0 Å². The summed E-state index contributed by atoms with van der Waals surface area (Å²) in [5.41, 5.74) is 9.20. The Morgan fingerprint density at radius 3 is 2.19 bits per heavy atom. The summed E-state index contributed by atoms with van der Waals surface area (Å²) in [6, 6.07) is 22.1. The smallest absolute Gasteiger partial charge is 0.130 e. The van der Waals surface area contributed by atoms with E-state index in [1.165, 1.54) is 38.9 Å². The Balaban J connectivity index is 1.91. The first kappa shape index (κ1) is 16.9. The van der Waals surface area contributed by atoms with E-state index >= 15 is 0 Å². The van der Waals surface area contributed by atoms with Crippen LogP contribution in [-0.4, -0.2) is 7.11 Å². The molecular weight excluding hydrogens is 316 g/mol. The molecule has 0 spiro atoms. The maximum atomic E-state index is 5.83. The fourth-order valence-corrected chi connectivity index (χ4v) is 4.34. The number of hydrogen-bond acceptors (Lipinski definition) is 1. The minimum atomic E-state index is 0.0187. The van der Waals surface area contributed by atoms with Gasteiger partial charge in [-0.15, -0.1) is 0 Å². The van der Waals surface area contributed by atoms with Gasteiger partial charge in [0.1, 0.15) is 5.75 Å². The molecule has 0 atom stereocenters. The van der Waals surface area contributed by atoms with Gasteiger partial charge in [-0.25, -0.2) is 0 Å². The van der Waals surface area contributed by atoms with E-state index in [0.717, 1.165) is 5.75 Å². The standard InChI is InChI=1S/C25H26O/c1-16(2)18-10-8-11-19(24(18)26-5)17-13-14-21-20-9-6-7-12-22(20)25(3,4)23(21)15-17/h6-16H,1-5H3. The van der Waals surface area contributed by atoms with Crippen molar-refractivity contribution in [2.45, 2.75) is 39.0 Å². The average Bonchev–Trinajstić information content (AvgIpc) is 2.88. The first-order valence-electron chi connectivity index (χ1n) is 9.37. The third-order valence-electron chi connectivity index (χ3n) is 5.77. The van der Waals surface area contributed by atoms with Crippen molar-refractivity contribution in [3.63, 3.8) is 0 Å². The molecule has 0 aliphatic heterocycles. The van der Waals surface area contributed by atoms with Gasteiger partial charge in [-0.2, -0.15) is 0 Å². The summed E-state index contributed by atoms with van der Waals surface area (Å²) in [6.45, 7) is 9.07. The predicted octanol–water partition coefficient (Wildman–Crippen LogP) is 6.79. The van der Waals surface area contributed by atoms with Crippen molar-refractivity contribution in [3.05, 3.63) is 77.4 Å². The molecule has 1 aliphatic rings. The van der Waals surface area contributed by atoms with Gasteiger partial charge in [0, 0.05) is 11.0 Å². The lowest BCUT2D eigenvalue weighted by Gasteiger charge is -2.22. The van der Waals surface area contributed by atoms with Crippen LogP contribution in [0.4, 0.5) is 0 Å². The quantitative estimate of drug-likeness (QED) is 0.509. The predicted molar refractivity (Wildman–Crippen MR) is 110 cm³/mol. The molecule has 3 aromatic carbocycles. The van der Waals surface area contributed by atoms with E-state index in [-0.39, 0.29) is 5.41 Å². The highest BCUT2D eigenvalue weighted by molar-refractivity contribution is 5.84. The minimum Gasteiger partial charge on any atom is -0.496 e. The van der Waals surface area contributed by atoms with Crippen LogP contribution in [0.15, 0.2) is 60.7 Å². The Bertz CT molecular complexity index is 979. The number of hydrogen-bond donors (Lipinski definition) is 0. The summed E-state index contributed by atoms with van der Waals surface area (Å²) in [5.74, 6) is 1.43. The topological polar surface area (TPSA) is 9.23 Å². The van der Waals surface area contributed by atoms with E-state index in [4.69, 9.17) is 4.74 Å². The molecule has 0 amide bonds. The summed E-state index contributed by atoms with van der Waals surface area (Å²) in [5, 5.41) is 0. The summed E-state index contributed by atoms with van der Waals surface area (Å²) >= 11 is 0. The van der Waals surface area contributed by atoms with E-state index < -0.39 is 0 Å². The van der Waals surface area contributed by atoms with Crippen LogP contribution in [-0.2, 0) is 5.41 Å². The SMILES string of the molecule is COc1c(-c2ccc3c(c2)C(C)(C)c2ccccc2-3)cccc1C(C)C. The number of para-hydroxylation sites is 1.